The molecule has 32 heavy (non-hydrogen) atoms. The maximum atomic E-state index is 13.0. The number of carbonyl (C=O) groups is 1. The van der Waals surface area contributed by atoms with E-state index >= 15 is 0 Å². The number of hydrogen-bond donors (Lipinski definition) is 1. The zero-order chi connectivity index (χ0) is 22.7. The van der Waals surface area contributed by atoms with Gasteiger partial charge in [-0.25, -0.2) is 8.42 Å². The predicted molar refractivity (Wildman–Crippen MR) is 123 cm³/mol. The number of nitrogens with one attached hydrogen (secondary N) is 1. The number of thioether (sulfide) groups is 1. The van der Waals surface area contributed by atoms with E-state index in [1.54, 1.807) is 6.07 Å². The number of anilines is 1. The van der Waals surface area contributed by atoms with Crippen LogP contribution in [-0.4, -0.2) is 59.3 Å². The van der Waals surface area contributed by atoms with Crippen LogP contribution in [0.3, 0.4) is 0 Å². The first kappa shape index (κ1) is 23.1. The van der Waals surface area contributed by atoms with E-state index < -0.39 is 10.0 Å². The van der Waals surface area contributed by atoms with Crippen molar-refractivity contribution in [1.82, 2.24) is 19.1 Å². The van der Waals surface area contributed by atoms with Gasteiger partial charge in [0.25, 0.3) is 0 Å². The van der Waals surface area contributed by atoms with E-state index in [-0.39, 0.29) is 16.6 Å². The molecule has 2 heterocycles. The summed E-state index contributed by atoms with van der Waals surface area (Å²) in [5.41, 5.74) is 0.340. The molecule has 0 radical (unpaired) electrons. The number of nitrogens with zero attached hydrogens (tertiary/aromatic N) is 4. The summed E-state index contributed by atoms with van der Waals surface area (Å²) in [6.45, 7) is 3.84. The summed E-state index contributed by atoms with van der Waals surface area (Å²) in [4.78, 5) is 12.8. The molecule has 11 heteroatoms. The summed E-state index contributed by atoms with van der Waals surface area (Å²) < 4.78 is 34.9. The maximum Gasteiger partial charge on any atom is 0.243 e. The molecule has 0 atom stereocenters. The summed E-state index contributed by atoms with van der Waals surface area (Å²) in [5, 5.41) is 12.1. The highest BCUT2D eigenvalue weighted by Gasteiger charge is 2.30. The number of ether oxygens (including phenoxy) is 1. The summed E-state index contributed by atoms with van der Waals surface area (Å²) >= 11 is 1.32. The molecule has 1 aromatic carbocycles. The van der Waals surface area contributed by atoms with Crippen molar-refractivity contribution in [3.05, 3.63) is 24.0 Å². The topological polar surface area (TPSA) is 106 Å². The molecule has 2 aromatic rings. The molecule has 174 valence electrons. The van der Waals surface area contributed by atoms with Crippen LogP contribution in [0.25, 0.3) is 0 Å². The van der Waals surface area contributed by atoms with Crippen molar-refractivity contribution in [2.45, 2.75) is 61.5 Å². The molecule has 2 aliphatic rings. The minimum absolute atomic E-state index is 0.134. The molecular formula is C21H29N5O4S2. The van der Waals surface area contributed by atoms with E-state index in [1.807, 2.05) is 6.92 Å². The second kappa shape index (κ2) is 9.80. The SMILES string of the molecule is CCn1c(SCC(=O)Nc2cc(S(=O)(=O)N3CCCCC3)ccc2OC)nnc1C1CC1. The Balaban J connectivity index is 1.46. The molecule has 0 bridgehead atoms. The van der Waals surface area contributed by atoms with Gasteiger partial charge in [0.1, 0.15) is 11.6 Å². The highest BCUT2D eigenvalue weighted by Crippen LogP contribution is 2.40. The summed E-state index contributed by atoms with van der Waals surface area (Å²) in [6, 6.07) is 4.58. The fourth-order valence-electron chi connectivity index (χ4n) is 3.86. The lowest BCUT2D eigenvalue weighted by Gasteiger charge is -2.26. The number of rotatable bonds is 9. The minimum atomic E-state index is -3.61. The molecule has 1 saturated heterocycles. The molecule has 0 spiro atoms. The first-order chi connectivity index (χ1) is 15.4. The van der Waals surface area contributed by atoms with Crippen molar-refractivity contribution in [2.24, 2.45) is 0 Å². The van der Waals surface area contributed by atoms with Gasteiger partial charge in [0, 0.05) is 25.6 Å². The molecule has 9 nitrogen and oxygen atoms in total. The second-order valence-corrected chi connectivity index (χ2v) is 10.9. The van der Waals surface area contributed by atoms with Crippen LogP contribution in [0.1, 0.15) is 50.8 Å². The quantitative estimate of drug-likeness (QED) is 0.551. The summed E-state index contributed by atoms with van der Waals surface area (Å²) in [7, 11) is -2.12. The number of methoxy groups -OCH3 is 1. The minimum Gasteiger partial charge on any atom is -0.495 e. The molecule has 1 aliphatic carbocycles. The lowest BCUT2D eigenvalue weighted by Crippen LogP contribution is -2.35. The van der Waals surface area contributed by atoms with Crippen molar-refractivity contribution < 1.29 is 17.9 Å². The predicted octanol–water partition coefficient (Wildman–Crippen LogP) is 3.09. The first-order valence-corrected chi connectivity index (χ1v) is 13.4. The Morgan fingerprint density at radius 2 is 1.97 bits per heavy atom. The van der Waals surface area contributed by atoms with Gasteiger partial charge in [-0.05, 0) is 50.8 Å². The molecule has 1 aromatic heterocycles. The van der Waals surface area contributed by atoms with Gasteiger partial charge in [-0.2, -0.15) is 4.31 Å². The number of amides is 1. The van der Waals surface area contributed by atoms with Crippen LogP contribution in [-0.2, 0) is 21.4 Å². The average molecular weight is 480 g/mol. The Morgan fingerprint density at radius 1 is 1.22 bits per heavy atom. The molecule has 1 aliphatic heterocycles. The van der Waals surface area contributed by atoms with Crippen LogP contribution in [0, 0.1) is 0 Å². The van der Waals surface area contributed by atoms with Crippen molar-refractivity contribution >= 4 is 33.4 Å². The molecule has 0 unspecified atom stereocenters. The molecule has 1 amide bonds. The number of benzene rings is 1. The van der Waals surface area contributed by atoms with E-state index in [0.717, 1.165) is 49.6 Å². The van der Waals surface area contributed by atoms with Crippen LogP contribution in [0.4, 0.5) is 5.69 Å². The maximum absolute atomic E-state index is 13.0. The number of carbonyl (C=O) groups excluding carboxylic acids is 1. The van der Waals surface area contributed by atoms with Gasteiger partial charge in [0.2, 0.25) is 15.9 Å². The molecular weight excluding hydrogens is 450 g/mol. The van der Waals surface area contributed by atoms with Crippen LogP contribution in [0.15, 0.2) is 28.3 Å². The van der Waals surface area contributed by atoms with E-state index in [9.17, 15) is 13.2 Å². The van der Waals surface area contributed by atoms with E-state index in [4.69, 9.17) is 4.74 Å². The van der Waals surface area contributed by atoms with Crippen LogP contribution in [0.2, 0.25) is 0 Å². The molecule has 4 rings (SSSR count). The van der Waals surface area contributed by atoms with Crippen molar-refractivity contribution in [3.8, 4) is 5.75 Å². The van der Waals surface area contributed by atoms with Gasteiger partial charge in [-0.15, -0.1) is 10.2 Å². The van der Waals surface area contributed by atoms with Gasteiger partial charge in [-0.3, -0.25) is 4.79 Å². The number of sulfonamides is 1. The Hall–Kier alpha value is -2.11. The Kier molecular flexibility index (Phi) is 7.06. The van der Waals surface area contributed by atoms with Crippen LogP contribution < -0.4 is 10.1 Å². The van der Waals surface area contributed by atoms with Gasteiger partial charge in [0.05, 0.1) is 23.4 Å². The Labute approximate surface area is 193 Å². The number of aromatic nitrogens is 3. The third-order valence-electron chi connectivity index (χ3n) is 5.73. The monoisotopic (exact) mass is 479 g/mol. The van der Waals surface area contributed by atoms with Crippen molar-refractivity contribution in [3.63, 3.8) is 0 Å². The zero-order valence-electron chi connectivity index (χ0n) is 18.4. The van der Waals surface area contributed by atoms with Gasteiger partial charge in [-0.1, -0.05) is 18.2 Å². The zero-order valence-corrected chi connectivity index (χ0v) is 20.0. The van der Waals surface area contributed by atoms with Crippen molar-refractivity contribution in [2.75, 3.05) is 31.3 Å². The normalized spacial score (nSPS) is 17.3. The molecule has 1 saturated carbocycles. The molecule has 1 N–H and O–H groups in total. The highest BCUT2D eigenvalue weighted by molar-refractivity contribution is 7.99. The Morgan fingerprint density at radius 3 is 2.62 bits per heavy atom. The average Bonchev–Trinajstić information content (AvgIpc) is 3.57. The third kappa shape index (κ3) is 4.94. The van der Waals surface area contributed by atoms with Crippen molar-refractivity contribution in [1.29, 1.82) is 0 Å². The van der Waals surface area contributed by atoms with E-state index in [2.05, 4.69) is 20.1 Å². The van der Waals surface area contributed by atoms with Crippen LogP contribution in [0.5, 0.6) is 5.75 Å². The van der Waals surface area contributed by atoms with E-state index in [1.165, 1.54) is 35.3 Å². The third-order valence-corrected chi connectivity index (χ3v) is 8.60. The Bertz CT molecular complexity index is 1080. The van der Waals surface area contributed by atoms with E-state index in [0.29, 0.717) is 30.4 Å². The summed E-state index contributed by atoms with van der Waals surface area (Å²) in [5.74, 6) is 1.76. The molecule has 2 fully saturated rings. The first-order valence-electron chi connectivity index (χ1n) is 11.0. The standard InChI is InChI=1S/C21H29N5O4S2/c1-3-26-20(15-7-8-15)23-24-21(26)31-14-19(27)22-17-13-16(9-10-18(17)30-2)32(28,29)25-11-5-4-6-12-25/h9-10,13,15H,3-8,11-12,14H2,1-2H3,(H,22,27). The fraction of sp³-hybridized carbons (Fsp3) is 0.571. The smallest absolute Gasteiger partial charge is 0.243 e. The lowest BCUT2D eigenvalue weighted by molar-refractivity contribution is -0.113. The van der Waals surface area contributed by atoms with Crippen LogP contribution >= 0.6 is 11.8 Å². The van der Waals surface area contributed by atoms with Gasteiger partial charge in [0.15, 0.2) is 5.16 Å². The lowest BCUT2D eigenvalue weighted by atomic mass is 10.2. The van der Waals surface area contributed by atoms with Gasteiger partial charge < -0.3 is 14.6 Å². The summed E-state index contributed by atoms with van der Waals surface area (Å²) in [6.07, 6.45) is 5.04. The number of piperidine rings is 1. The highest BCUT2D eigenvalue weighted by atomic mass is 32.2. The van der Waals surface area contributed by atoms with Gasteiger partial charge >= 0.3 is 0 Å². The fourth-order valence-corrected chi connectivity index (χ4v) is 6.22. The number of hydrogen-bond acceptors (Lipinski definition) is 7. The largest absolute Gasteiger partial charge is 0.495 e. The second-order valence-electron chi connectivity index (χ2n) is 8.02.